The Hall–Kier alpha value is -0.120. The SMILES string of the molecule is CCc1ccc(C(Br)c2cccc(Br)c2)s1. The van der Waals surface area contributed by atoms with Crippen LogP contribution in [-0.2, 0) is 6.42 Å². The van der Waals surface area contributed by atoms with Gasteiger partial charge in [0.25, 0.3) is 0 Å². The molecule has 0 aliphatic rings. The maximum atomic E-state index is 3.76. The molecule has 0 saturated heterocycles. The number of hydrogen-bond donors (Lipinski definition) is 0. The molecule has 0 fully saturated rings. The van der Waals surface area contributed by atoms with Gasteiger partial charge in [0.15, 0.2) is 0 Å². The summed E-state index contributed by atoms with van der Waals surface area (Å²) in [7, 11) is 0. The van der Waals surface area contributed by atoms with E-state index in [0.29, 0.717) is 4.83 Å². The smallest absolute Gasteiger partial charge is 0.0738 e. The average molecular weight is 360 g/mol. The average Bonchev–Trinajstić information content (AvgIpc) is 2.76. The first-order valence-electron chi connectivity index (χ1n) is 5.19. The Morgan fingerprint density at radius 2 is 2.06 bits per heavy atom. The zero-order valence-electron chi connectivity index (χ0n) is 8.91. The van der Waals surface area contributed by atoms with Gasteiger partial charge in [0.1, 0.15) is 0 Å². The predicted octanol–water partition coefficient (Wildman–Crippen LogP) is 5.56. The lowest BCUT2D eigenvalue weighted by molar-refractivity contribution is 1.19. The molecule has 0 saturated carbocycles. The first kappa shape index (κ1) is 12.3. The Morgan fingerprint density at radius 1 is 1.25 bits per heavy atom. The molecule has 1 aromatic carbocycles. The molecule has 0 amide bonds. The largest absolute Gasteiger partial charge is 0.144 e. The van der Waals surface area contributed by atoms with Crippen molar-refractivity contribution >= 4 is 43.2 Å². The summed E-state index contributed by atoms with van der Waals surface area (Å²) in [6, 6.07) is 12.9. The molecule has 1 aromatic heterocycles. The molecule has 84 valence electrons. The van der Waals surface area contributed by atoms with E-state index in [2.05, 4.69) is 75.2 Å². The predicted molar refractivity (Wildman–Crippen MR) is 78.6 cm³/mol. The molecule has 3 heteroatoms. The summed E-state index contributed by atoms with van der Waals surface area (Å²) < 4.78 is 1.13. The lowest BCUT2D eigenvalue weighted by Gasteiger charge is -2.08. The van der Waals surface area contributed by atoms with Crippen LogP contribution in [-0.4, -0.2) is 0 Å². The minimum atomic E-state index is 0.301. The van der Waals surface area contributed by atoms with E-state index in [1.54, 1.807) is 0 Å². The molecular weight excluding hydrogens is 348 g/mol. The summed E-state index contributed by atoms with van der Waals surface area (Å²) in [4.78, 5) is 3.11. The molecule has 2 rings (SSSR count). The van der Waals surface area contributed by atoms with E-state index >= 15 is 0 Å². The van der Waals surface area contributed by atoms with Crippen molar-refractivity contribution < 1.29 is 0 Å². The highest BCUT2D eigenvalue weighted by Gasteiger charge is 2.12. The van der Waals surface area contributed by atoms with Crippen LogP contribution in [0.25, 0.3) is 0 Å². The zero-order valence-corrected chi connectivity index (χ0v) is 12.9. The first-order valence-corrected chi connectivity index (χ1v) is 7.71. The van der Waals surface area contributed by atoms with Gasteiger partial charge < -0.3 is 0 Å². The third kappa shape index (κ3) is 2.76. The van der Waals surface area contributed by atoms with Gasteiger partial charge in [-0.25, -0.2) is 0 Å². The Labute approximate surface area is 117 Å². The van der Waals surface area contributed by atoms with Gasteiger partial charge in [-0.2, -0.15) is 0 Å². The van der Waals surface area contributed by atoms with Crippen LogP contribution in [0.3, 0.4) is 0 Å². The molecule has 16 heavy (non-hydrogen) atoms. The molecule has 0 aliphatic heterocycles. The number of rotatable bonds is 3. The van der Waals surface area contributed by atoms with E-state index in [1.807, 2.05) is 11.3 Å². The van der Waals surface area contributed by atoms with Crippen LogP contribution in [0.4, 0.5) is 0 Å². The fourth-order valence-electron chi connectivity index (χ4n) is 1.55. The van der Waals surface area contributed by atoms with Crippen LogP contribution < -0.4 is 0 Å². The van der Waals surface area contributed by atoms with Gasteiger partial charge in [0.2, 0.25) is 0 Å². The van der Waals surface area contributed by atoms with Crippen molar-refractivity contribution in [2.24, 2.45) is 0 Å². The Balaban J connectivity index is 2.27. The molecule has 0 bridgehead atoms. The maximum Gasteiger partial charge on any atom is 0.0738 e. The number of halogens is 2. The van der Waals surface area contributed by atoms with E-state index in [9.17, 15) is 0 Å². The van der Waals surface area contributed by atoms with E-state index in [-0.39, 0.29) is 0 Å². The van der Waals surface area contributed by atoms with Crippen molar-refractivity contribution in [1.29, 1.82) is 0 Å². The third-order valence-electron chi connectivity index (χ3n) is 2.42. The van der Waals surface area contributed by atoms with Crippen LogP contribution in [0.5, 0.6) is 0 Å². The fourth-order valence-corrected chi connectivity index (χ4v) is 3.64. The monoisotopic (exact) mass is 358 g/mol. The molecular formula is C13H12Br2S. The maximum absolute atomic E-state index is 3.76. The minimum absolute atomic E-state index is 0.301. The van der Waals surface area contributed by atoms with Crippen LogP contribution in [0.1, 0.15) is 27.1 Å². The topological polar surface area (TPSA) is 0 Å². The normalized spacial score (nSPS) is 12.7. The standard InChI is InChI=1S/C13H12Br2S/c1-2-11-6-7-12(16-11)13(15)9-4-3-5-10(14)8-9/h3-8,13H,2H2,1H3. The van der Waals surface area contributed by atoms with Crippen LogP contribution in [0.2, 0.25) is 0 Å². The molecule has 2 aromatic rings. The van der Waals surface area contributed by atoms with Gasteiger partial charge in [0.05, 0.1) is 4.83 Å². The van der Waals surface area contributed by atoms with Crippen LogP contribution in [0, 0.1) is 0 Å². The molecule has 1 unspecified atom stereocenters. The van der Waals surface area contributed by atoms with Crippen molar-refractivity contribution in [2.75, 3.05) is 0 Å². The van der Waals surface area contributed by atoms with Gasteiger partial charge in [-0.3, -0.25) is 0 Å². The summed E-state index contributed by atoms with van der Waals surface area (Å²) in [6.45, 7) is 2.19. The second-order valence-electron chi connectivity index (χ2n) is 3.58. The molecule has 0 spiro atoms. The van der Waals surface area contributed by atoms with Gasteiger partial charge in [-0.05, 0) is 36.2 Å². The number of benzene rings is 1. The van der Waals surface area contributed by atoms with Crippen molar-refractivity contribution in [3.63, 3.8) is 0 Å². The van der Waals surface area contributed by atoms with E-state index in [4.69, 9.17) is 0 Å². The number of hydrogen-bond acceptors (Lipinski definition) is 1. The molecule has 1 heterocycles. The van der Waals surface area contributed by atoms with Crippen molar-refractivity contribution in [2.45, 2.75) is 18.2 Å². The molecule has 1 atom stereocenters. The van der Waals surface area contributed by atoms with Crippen LogP contribution in [0.15, 0.2) is 40.9 Å². The lowest BCUT2D eigenvalue weighted by atomic mass is 10.1. The van der Waals surface area contributed by atoms with E-state index in [1.165, 1.54) is 15.3 Å². The second-order valence-corrected chi connectivity index (χ2v) is 6.61. The first-order chi connectivity index (χ1) is 7.70. The van der Waals surface area contributed by atoms with E-state index in [0.717, 1.165) is 10.9 Å². The highest BCUT2D eigenvalue weighted by atomic mass is 79.9. The molecule has 0 nitrogen and oxygen atoms in total. The summed E-state index contributed by atoms with van der Waals surface area (Å²) in [6.07, 6.45) is 1.11. The van der Waals surface area contributed by atoms with Crippen molar-refractivity contribution in [1.82, 2.24) is 0 Å². The van der Waals surface area contributed by atoms with Crippen molar-refractivity contribution in [3.05, 3.63) is 56.2 Å². The highest BCUT2D eigenvalue weighted by Crippen LogP contribution is 2.36. The number of thiophene rings is 1. The number of aryl methyl sites for hydroxylation is 1. The minimum Gasteiger partial charge on any atom is -0.144 e. The molecule has 0 radical (unpaired) electrons. The summed E-state index contributed by atoms with van der Waals surface area (Å²) in [5.74, 6) is 0. The zero-order chi connectivity index (χ0) is 11.5. The quantitative estimate of drug-likeness (QED) is 0.629. The molecule has 0 N–H and O–H groups in total. The van der Waals surface area contributed by atoms with E-state index < -0.39 is 0 Å². The Morgan fingerprint density at radius 3 is 2.69 bits per heavy atom. The Bertz CT molecular complexity index is 476. The summed E-state index contributed by atoms with van der Waals surface area (Å²) in [5, 5.41) is 0. The summed E-state index contributed by atoms with van der Waals surface area (Å²) >= 11 is 9.14. The van der Waals surface area contributed by atoms with Crippen LogP contribution >= 0.6 is 43.2 Å². The number of alkyl halides is 1. The van der Waals surface area contributed by atoms with Gasteiger partial charge in [-0.15, -0.1) is 11.3 Å². The van der Waals surface area contributed by atoms with Gasteiger partial charge >= 0.3 is 0 Å². The second kappa shape index (κ2) is 5.48. The van der Waals surface area contributed by atoms with Gasteiger partial charge in [0, 0.05) is 14.2 Å². The van der Waals surface area contributed by atoms with Gasteiger partial charge in [-0.1, -0.05) is 50.9 Å². The Kier molecular flexibility index (Phi) is 4.22. The fraction of sp³-hybridized carbons (Fsp3) is 0.231. The molecule has 0 aliphatic carbocycles. The summed E-state index contributed by atoms with van der Waals surface area (Å²) in [5.41, 5.74) is 1.29. The highest BCUT2D eigenvalue weighted by molar-refractivity contribution is 9.10. The third-order valence-corrected chi connectivity index (χ3v) is 5.53. The van der Waals surface area contributed by atoms with Crippen molar-refractivity contribution in [3.8, 4) is 0 Å². The lowest BCUT2D eigenvalue weighted by Crippen LogP contribution is -1.88.